The van der Waals surface area contributed by atoms with Crippen LogP contribution in [-0.2, 0) is 0 Å². The normalized spacial score (nSPS) is 21.1. The molecule has 0 aromatic heterocycles. The van der Waals surface area contributed by atoms with Gasteiger partial charge < -0.3 is 0 Å². The molecule has 0 fully saturated rings. The number of carbonyl (C=O) groups is 1. The highest BCUT2D eigenvalue weighted by Crippen LogP contribution is 2.22. The van der Waals surface area contributed by atoms with Gasteiger partial charge >= 0.3 is 0 Å². The van der Waals surface area contributed by atoms with Crippen LogP contribution in [0.15, 0.2) is 24.3 Å². The number of hydrogen-bond donors (Lipinski definition) is 0. The van der Waals surface area contributed by atoms with Gasteiger partial charge in [-0.25, -0.2) is 0 Å². The zero-order valence-electron chi connectivity index (χ0n) is 7.80. The summed E-state index contributed by atoms with van der Waals surface area (Å²) < 4.78 is 0. The van der Waals surface area contributed by atoms with Gasteiger partial charge in [0, 0.05) is 5.43 Å². The number of rotatable bonds is 0. The second kappa shape index (κ2) is 3.21. The lowest BCUT2D eigenvalue weighted by Gasteiger charge is -2.00. The predicted molar refractivity (Wildman–Crippen MR) is 50.2 cm³/mol. The molecule has 14 heavy (non-hydrogen) atoms. The lowest BCUT2D eigenvalue weighted by atomic mass is 9.99. The minimum absolute atomic E-state index is 0.0114. The summed E-state index contributed by atoms with van der Waals surface area (Å²) in [6.45, 7) is 1.87. The van der Waals surface area contributed by atoms with Crippen molar-refractivity contribution in [1.29, 1.82) is 0 Å². The standard InChI is InChI=1S/C10H10N2O2/c1-7-6-12(14)11-9-5-3-2-4-8(9)10(7)13/h2-5,7H,6H2,1H3/q+1. The van der Waals surface area contributed by atoms with Crippen LogP contribution in [0.1, 0.15) is 17.3 Å². The van der Waals surface area contributed by atoms with Crippen LogP contribution in [0, 0.1) is 10.8 Å². The number of hydrogen-bond acceptors (Lipinski definition) is 2. The Morgan fingerprint density at radius 3 is 2.93 bits per heavy atom. The molecule has 1 aliphatic heterocycles. The first-order chi connectivity index (χ1) is 6.68. The van der Waals surface area contributed by atoms with E-state index in [1.807, 2.05) is 0 Å². The number of carbonyl (C=O) groups excluding carboxylic acids is 1. The molecule has 0 saturated heterocycles. The van der Waals surface area contributed by atoms with Gasteiger partial charge in [0.2, 0.25) is 6.54 Å². The van der Waals surface area contributed by atoms with Gasteiger partial charge in [0.15, 0.2) is 5.78 Å². The van der Waals surface area contributed by atoms with Gasteiger partial charge in [0.05, 0.1) is 16.4 Å². The second-order valence-corrected chi connectivity index (χ2v) is 3.42. The zero-order valence-corrected chi connectivity index (χ0v) is 7.80. The van der Waals surface area contributed by atoms with E-state index in [9.17, 15) is 9.70 Å². The van der Waals surface area contributed by atoms with Crippen LogP contribution in [0.5, 0.6) is 0 Å². The first-order valence-electron chi connectivity index (χ1n) is 4.48. The SMILES string of the molecule is CC1C[N+](=O)[N]c2ccccc2C1=O. The van der Waals surface area contributed by atoms with Gasteiger partial charge in [0.1, 0.15) is 10.6 Å². The molecule has 0 spiro atoms. The van der Waals surface area contributed by atoms with Crippen LogP contribution >= 0.6 is 0 Å². The number of benzene rings is 1. The van der Waals surface area contributed by atoms with E-state index in [-0.39, 0.29) is 18.2 Å². The Morgan fingerprint density at radius 1 is 1.43 bits per heavy atom. The summed E-state index contributed by atoms with van der Waals surface area (Å²) in [7, 11) is 0. The maximum atomic E-state index is 11.8. The second-order valence-electron chi connectivity index (χ2n) is 3.42. The Bertz CT molecular complexity index is 401. The molecule has 71 valence electrons. The van der Waals surface area contributed by atoms with Crippen molar-refractivity contribution in [2.24, 2.45) is 5.92 Å². The van der Waals surface area contributed by atoms with Gasteiger partial charge in [-0.15, -0.1) is 0 Å². The van der Waals surface area contributed by atoms with E-state index in [2.05, 4.69) is 5.43 Å². The van der Waals surface area contributed by atoms with Crippen LogP contribution in [0.2, 0.25) is 0 Å². The zero-order chi connectivity index (χ0) is 10.1. The molecular weight excluding hydrogens is 180 g/mol. The van der Waals surface area contributed by atoms with Crippen LogP contribution in [0.3, 0.4) is 0 Å². The molecule has 2 rings (SSSR count). The van der Waals surface area contributed by atoms with Crippen molar-refractivity contribution in [3.05, 3.63) is 34.7 Å². The molecule has 0 bridgehead atoms. The van der Waals surface area contributed by atoms with Gasteiger partial charge in [-0.05, 0) is 19.1 Å². The molecule has 4 heteroatoms. The van der Waals surface area contributed by atoms with Gasteiger partial charge in [-0.2, -0.15) is 0 Å². The number of nitrogens with zero attached hydrogens (tertiary/aromatic N) is 2. The lowest BCUT2D eigenvalue weighted by molar-refractivity contribution is -0.602. The van der Waals surface area contributed by atoms with E-state index in [0.29, 0.717) is 16.1 Å². The van der Waals surface area contributed by atoms with Crippen molar-refractivity contribution < 1.29 is 9.66 Å². The fraction of sp³-hybridized carbons (Fsp3) is 0.300. The maximum Gasteiger partial charge on any atom is 0.237 e. The van der Waals surface area contributed by atoms with Gasteiger partial charge in [-0.1, -0.05) is 12.1 Å². The van der Waals surface area contributed by atoms with E-state index in [1.165, 1.54) is 0 Å². The highest BCUT2D eigenvalue weighted by atomic mass is 16.3. The molecule has 1 aliphatic rings. The molecule has 1 radical (unpaired) electrons. The third kappa shape index (κ3) is 1.39. The fourth-order valence-electron chi connectivity index (χ4n) is 1.51. The highest BCUT2D eigenvalue weighted by Gasteiger charge is 2.31. The molecule has 0 saturated carbocycles. The van der Waals surface area contributed by atoms with Crippen LogP contribution in [0.25, 0.3) is 0 Å². The summed E-state index contributed by atoms with van der Waals surface area (Å²) in [4.78, 5) is 23.5. The van der Waals surface area contributed by atoms with E-state index in [0.717, 1.165) is 0 Å². The average molecular weight is 190 g/mol. The quantitative estimate of drug-likeness (QED) is 0.581. The number of nitroso groups, excluding NO2 is 1. The van der Waals surface area contributed by atoms with Crippen molar-refractivity contribution >= 4 is 11.5 Å². The molecule has 1 heterocycles. The minimum Gasteiger partial charge on any atom is -0.294 e. The summed E-state index contributed by atoms with van der Waals surface area (Å²) in [5.74, 6) is -0.303. The van der Waals surface area contributed by atoms with E-state index < -0.39 is 0 Å². The summed E-state index contributed by atoms with van der Waals surface area (Å²) in [5.41, 5.74) is 4.81. The molecule has 0 aliphatic carbocycles. The number of Topliss-reactive ketones (excluding diaryl/α,β-unsaturated/α-hetero) is 1. The van der Waals surface area contributed by atoms with E-state index in [4.69, 9.17) is 0 Å². The molecule has 0 amide bonds. The summed E-state index contributed by atoms with van der Waals surface area (Å²) in [5, 5.41) is 0. The Hall–Kier alpha value is -1.71. The number of ketones is 1. The summed E-state index contributed by atoms with van der Waals surface area (Å²) >= 11 is 0. The largest absolute Gasteiger partial charge is 0.294 e. The summed E-state index contributed by atoms with van der Waals surface area (Å²) in [6.07, 6.45) is 0. The fourth-order valence-corrected chi connectivity index (χ4v) is 1.51. The van der Waals surface area contributed by atoms with Crippen molar-refractivity contribution in [2.45, 2.75) is 6.92 Å². The van der Waals surface area contributed by atoms with E-state index in [1.54, 1.807) is 31.2 Å². The van der Waals surface area contributed by atoms with Crippen LogP contribution < -0.4 is 5.43 Å². The van der Waals surface area contributed by atoms with Gasteiger partial charge in [-0.3, -0.25) is 4.79 Å². The Kier molecular flexibility index (Phi) is 2.04. The molecular formula is C10H10N2O2+. The van der Waals surface area contributed by atoms with Crippen molar-refractivity contribution in [3.8, 4) is 0 Å². The van der Waals surface area contributed by atoms with Crippen LogP contribution in [-0.4, -0.2) is 17.2 Å². The number of fused-ring (bicyclic) bond motifs is 1. The Labute approximate surface area is 81.5 Å². The van der Waals surface area contributed by atoms with Crippen LogP contribution in [0.4, 0.5) is 5.69 Å². The van der Waals surface area contributed by atoms with Gasteiger partial charge in [0.25, 0.3) is 0 Å². The highest BCUT2D eigenvalue weighted by molar-refractivity contribution is 6.01. The monoisotopic (exact) mass is 190 g/mol. The predicted octanol–water partition coefficient (Wildman–Crippen LogP) is 1.45. The average Bonchev–Trinajstić information content (AvgIpc) is 2.26. The Balaban J connectivity index is 2.52. The minimum atomic E-state index is -0.292. The lowest BCUT2D eigenvalue weighted by Crippen LogP contribution is -2.21. The maximum absolute atomic E-state index is 11.8. The first-order valence-corrected chi connectivity index (χ1v) is 4.48. The molecule has 0 N–H and O–H groups in total. The summed E-state index contributed by atoms with van der Waals surface area (Å²) in [6, 6.07) is 6.92. The molecule has 1 aromatic rings. The smallest absolute Gasteiger partial charge is 0.237 e. The molecule has 4 nitrogen and oxygen atoms in total. The third-order valence-electron chi connectivity index (χ3n) is 2.27. The van der Waals surface area contributed by atoms with Crippen molar-refractivity contribution in [1.82, 2.24) is 5.43 Å². The van der Waals surface area contributed by atoms with Crippen molar-refractivity contribution in [2.75, 3.05) is 6.54 Å². The first kappa shape index (κ1) is 8.87. The van der Waals surface area contributed by atoms with E-state index >= 15 is 0 Å². The molecule has 1 atom stereocenters. The Morgan fingerprint density at radius 2 is 2.14 bits per heavy atom. The van der Waals surface area contributed by atoms with Crippen molar-refractivity contribution in [3.63, 3.8) is 0 Å². The molecule has 1 aromatic carbocycles. The molecule has 1 unspecified atom stereocenters. The third-order valence-corrected chi connectivity index (χ3v) is 2.27. The topological polar surface area (TPSA) is 51.2 Å².